The molecule has 0 spiro atoms. The molecule has 0 saturated carbocycles. The van der Waals surface area contributed by atoms with Crippen LogP contribution in [-0.2, 0) is 9.53 Å². The Kier molecular flexibility index (Phi) is 6.40. The molecule has 1 aliphatic heterocycles. The normalized spacial score (nSPS) is 23.6. The van der Waals surface area contributed by atoms with Crippen LogP contribution >= 0.6 is 11.8 Å². The maximum Gasteiger partial charge on any atom is 0.315 e. The summed E-state index contributed by atoms with van der Waals surface area (Å²) in [7, 11) is 1.33. The second kappa shape index (κ2) is 6.77. The Morgan fingerprint density at radius 1 is 1.69 bits per heavy atom. The van der Waals surface area contributed by atoms with Gasteiger partial charge >= 0.3 is 5.97 Å². The van der Waals surface area contributed by atoms with Crippen molar-refractivity contribution in [3.63, 3.8) is 0 Å². The highest BCUT2D eigenvalue weighted by Gasteiger charge is 2.30. The van der Waals surface area contributed by atoms with E-state index < -0.39 is 0 Å². The maximum atomic E-state index is 11.0. The van der Waals surface area contributed by atoms with Crippen LogP contribution in [0.3, 0.4) is 0 Å². The molecule has 1 atom stereocenters. The fraction of sp³-hybridized carbons (Fsp3) is 0.750. The summed E-state index contributed by atoms with van der Waals surface area (Å²) in [5, 5.41) is 11.5. The lowest BCUT2D eigenvalue weighted by Crippen LogP contribution is -2.23. The molecule has 1 fully saturated rings. The molecule has 76 valence electrons. The van der Waals surface area contributed by atoms with Gasteiger partial charge in [0, 0.05) is 11.5 Å². The van der Waals surface area contributed by atoms with Gasteiger partial charge in [0.25, 0.3) is 0 Å². The lowest BCUT2D eigenvalue weighted by atomic mass is 10.1. The molecule has 0 aliphatic carbocycles. The van der Waals surface area contributed by atoms with Crippen molar-refractivity contribution in [1.29, 1.82) is 0 Å². The van der Waals surface area contributed by atoms with Crippen LogP contribution in [0, 0.1) is 5.92 Å². The van der Waals surface area contributed by atoms with E-state index in [9.17, 15) is 4.79 Å². The molecule has 1 rings (SSSR count). The summed E-state index contributed by atoms with van der Waals surface area (Å²) in [6.07, 6.45) is 0. The van der Waals surface area contributed by atoms with E-state index in [0.29, 0.717) is 17.2 Å². The molecule has 5 heteroatoms. The van der Waals surface area contributed by atoms with Crippen LogP contribution in [0.15, 0.2) is 5.16 Å². The number of hydrogen-bond donors (Lipinski definition) is 1. The second-order valence-electron chi connectivity index (χ2n) is 2.18. The van der Waals surface area contributed by atoms with Gasteiger partial charge in [0.2, 0.25) is 0 Å². The first-order valence-corrected chi connectivity index (χ1v) is 5.31. The molecule has 1 unspecified atom stereocenters. The van der Waals surface area contributed by atoms with E-state index in [4.69, 9.17) is 5.21 Å². The van der Waals surface area contributed by atoms with Crippen LogP contribution in [0.2, 0.25) is 0 Å². The first-order chi connectivity index (χ1) is 6.29. The van der Waals surface area contributed by atoms with Gasteiger partial charge in [-0.3, -0.25) is 4.79 Å². The zero-order valence-electron chi connectivity index (χ0n) is 8.11. The lowest BCUT2D eigenvalue weighted by Gasteiger charge is -2.04. The molecule has 0 amide bonds. The van der Waals surface area contributed by atoms with Gasteiger partial charge < -0.3 is 9.94 Å². The van der Waals surface area contributed by atoms with Gasteiger partial charge in [-0.1, -0.05) is 19.0 Å². The van der Waals surface area contributed by atoms with Crippen molar-refractivity contribution in [2.24, 2.45) is 11.1 Å². The number of nitrogens with zero attached hydrogens (tertiary/aromatic N) is 1. The molecule has 0 aromatic heterocycles. The minimum atomic E-state index is -0.338. The molecule has 1 heterocycles. The van der Waals surface area contributed by atoms with Crippen LogP contribution in [0.5, 0.6) is 0 Å². The molecule has 13 heavy (non-hydrogen) atoms. The van der Waals surface area contributed by atoms with E-state index in [-0.39, 0.29) is 11.9 Å². The smallest absolute Gasteiger partial charge is 0.315 e. The number of thioether (sulfide) groups is 1. The van der Waals surface area contributed by atoms with Crippen LogP contribution in [0.25, 0.3) is 0 Å². The van der Waals surface area contributed by atoms with Crippen molar-refractivity contribution >= 4 is 23.4 Å². The van der Waals surface area contributed by atoms with Crippen molar-refractivity contribution in [3.8, 4) is 0 Å². The average molecular weight is 205 g/mol. The fourth-order valence-electron chi connectivity index (χ4n) is 0.923. The predicted octanol–water partition coefficient (Wildman–Crippen LogP) is 1.38. The van der Waals surface area contributed by atoms with E-state index in [1.807, 2.05) is 13.8 Å². The van der Waals surface area contributed by atoms with Crippen molar-refractivity contribution in [2.45, 2.75) is 13.8 Å². The van der Waals surface area contributed by atoms with E-state index in [1.54, 1.807) is 11.8 Å². The Morgan fingerprint density at radius 2 is 2.31 bits per heavy atom. The highest BCUT2D eigenvalue weighted by atomic mass is 32.2. The van der Waals surface area contributed by atoms with Gasteiger partial charge in [-0.15, -0.1) is 0 Å². The summed E-state index contributed by atoms with van der Waals surface area (Å²) < 4.78 is 4.52. The number of rotatable bonds is 1. The van der Waals surface area contributed by atoms with E-state index in [0.717, 1.165) is 0 Å². The minimum absolute atomic E-state index is 0.317. The Balaban J connectivity index is 0.000000671. The third kappa shape index (κ3) is 3.26. The molecule has 1 saturated heterocycles. The zero-order chi connectivity index (χ0) is 10.3. The number of hydrogen-bond acceptors (Lipinski definition) is 5. The SMILES string of the molecule is CC.COC(=O)C1CSC/C1=N/O. The van der Waals surface area contributed by atoms with Gasteiger partial charge in [0.05, 0.1) is 12.8 Å². The fourth-order valence-corrected chi connectivity index (χ4v) is 2.07. The number of methoxy groups -OCH3 is 1. The van der Waals surface area contributed by atoms with E-state index >= 15 is 0 Å². The van der Waals surface area contributed by atoms with Gasteiger partial charge in [-0.25, -0.2) is 0 Å². The molecule has 1 N–H and O–H groups in total. The molecule has 1 aliphatic rings. The van der Waals surface area contributed by atoms with Gasteiger partial charge in [0.1, 0.15) is 5.92 Å². The highest BCUT2D eigenvalue weighted by molar-refractivity contribution is 8.00. The topological polar surface area (TPSA) is 58.9 Å². The summed E-state index contributed by atoms with van der Waals surface area (Å²) in [6, 6.07) is 0. The predicted molar refractivity (Wildman–Crippen MR) is 53.4 cm³/mol. The van der Waals surface area contributed by atoms with Crippen molar-refractivity contribution in [1.82, 2.24) is 0 Å². The quantitative estimate of drug-likeness (QED) is 0.399. The molecule has 0 aromatic carbocycles. The van der Waals surface area contributed by atoms with Crippen molar-refractivity contribution in [3.05, 3.63) is 0 Å². The molecule has 4 nitrogen and oxygen atoms in total. The number of carbonyl (C=O) groups is 1. The van der Waals surface area contributed by atoms with Crippen LogP contribution in [0.1, 0.15) is 13.8 Å². The third-order valence-corrected chi connectivity index (χ3v) is 2.62. The Morgan fingerprint density at radius 3 is 2.77 bits per heavy atom. The van der Waals surface area contributed by atoms with Gasteiger partial charge in [-0.2, -0.15) is 11.8 Å². The standard InChI is InChI=1S/C6H9NO3S.C2H6/c1-10-6(8)4-2-11-3-5(4)7-9;1-2/h4,9H,2-3H2,1H3;1-2H3/b7-5-;. The van der Waals surface area contributed by atoms with E-state index in [2.05, 4.69) is 9.89 Å². The molecule has 0 radical (unpaired) electrons. The highest BCUT2D eigenvalue weighted by Crippen LogP contribution is 2.22. The van der Waals surface area contributed by atoms with Gasteiger partial charge in [-0.05, 0) is 0 Å². The van der Waals surface area contributed by atoms with Crippen LogP contribution in [-0.4, -0.2) is 35.5 Å². The van der Waals surface area contributed by atoms with Crippen LogP contribution < -0.4 is 0 Å². The third-order valence-electron chi connectivity index (χ3n) is 1.55. The summed E-state index contributed by atoms with van der Waals surface area (Å²) in [6.45, 7) is 4.00. The molecular formula is C8H15NO3S. The van der Waals surface area contributed by atoms with Gasteiger partial charge in [0.15, 0.2) is 0 Å². The second-order valence-corrected chi connectivity index (χ2v) is 3.21. The number of ether oxygens (including phenoxy) is 1. The maximum absolute atomic E-state index is 11.0. The Hall–Kier alpha value is -0.710. The number of oxime groups is 1. The lowest BCUT2D eigenvalue weighted by molar-refractivity contribution is -0.142. The number of esters is 1. The summed E-state index contributed by atoms with van der Waals surface area (Å²) in [5.74, 6) is 0.625. The minimum Gasteiger partial charge on any atom is -0.468 e. The summed E-state index contributed by atoms with van der Waals surface area (Å²) in [5.41, 5.74) is 0.516. The van der Waals surface area contributed by atoms with Crippen molar-refractivity contribution < 1.29 is 14.7 Å². The summed E-state index contributed by atoms with van der Waals surface area (Å²) >= 11 is 1.57. The largest absolute Gasteiger partial charge is 0.468 e. The Bertz CT molecular complexity index is 194. The molecular weight excluding hydrogens is 190 g/mol. The number of carbonyl (C=O) groups excluding carboxylic acids is 1. The zero-order valence-corrected chi connectivity index (χ0v) is 8.93. The molecule has 0 bridgehead atoms. The first-order valence-electron chi connectivity index (χ1n) is 4.16. The molecule has 0 aromatic rings. The monoisotopic (exact) mass is 205 g/mol. The summed E-state index contributed by atoms with van der Waals surface area (Å²) in [4.78, 5) is 11.0. The Labute approximate surface area is 82.3 Å². The van der Waals surface area contributed by atoms with Crippen molar-refractivity contribution in [2.75, 3.05) is 18.6 Å². The average Bonchev–Trinajstić information content (AvgIpc) is 2.67. The first kappa shape index (κ1) is 12.3. The van der Waals surface area contributed by atoms with E-state index in [1.165, 1.54) is 7.11 Å². The van der Waals surface area contributed by atoms with Crippen LogP contribution in [0.4, 0.5) is 0 Å².